The van der Waals surface area contributed by atoms with Crippen molar-refractivity contribution >= 4 is 32.2 Å². The Balaban J connectivity index is 1.77. The zero-order valence-corrected chi connectivity index (χ0v) is 18.7. The van der Waals surface area contributed by atoms with Crippen LogP contribution < -0.4 is 4.90 Å². The number of sulfone groups is 1. The quantitative estimate of drug-likeness (QED) is 0.487. The van der Waals surface area contributed by atoms with E-state index in [0.717, 1.165) is 22.6 Å². The Morgan fingerprint density at radius 3 is 2.53 bits per heavy atom. The summed E-state index contributed by atoms with van der Waals surface area (Å²) in [5.41, 5.74) is 3.21. The topological polar surface area (TPSA) is 93.4 Å². The highest BCUT2D eigenvalue weighted by atomic mass is 32.2. The van der Waals surface area contributed by atoms with Gasteiger partial charge in [0.2, 0.25) is 5.91 Å². The molecule has 0 unspecified atom stereocenters. The van der Waals surface area contributed by atoms with Crippen LogP contribution in [-0.4, -0.2) is 37.3 Å². The number of hydrogen-bond acceptors (Lipinski definition) is 7. The van der Waals surface area contributed by atoms with Crippen molar-refractivity contribution in [3.05, 3.63) is 59.3 Å². The molecule has 2 aromatic heterocycles. The van der Waals surface area contributed by atoms with Crippen LogP contribution in [0.2, 0.25) is 0 Å². The van der Waals surface area contributed by atoms with Crippen molar-refractivity contribution < 1.29 is 17.7 Å². The van der Waals surface area contributed by atoms with Crippen LogP contribution in [0, 0.1) is 13.8 Å². The summed E-state index contributed by atoms with van der Waals surface area (Å²) >= 11 is 1.36. The number of aromatic nitrogens is 2. The van der Waals surface area contributed by atoms with E-state index < -0.39 is 9.84 Å². The molecule has 0 N–H and O–H groups in total. The van der Waals surface area contributed by atoms with Gasteiger partial charge in [-0.1, -0.05) is 23.4 Å². The van der Waals surface area contributed by atoms with E-state index in [2.05, 4.69) is 16.7 Å². The molecule has 0 saturated carbocycles. The van der Waals surface area contributed by atoms with E-state index in [9.17, 15) is 13.2 Å². The molecule has 0 aliphatic carbocycles. The Kier molecular flexibility index (Phi) is 6.52. The van der Waals surface area contributed by atoms with Crippen molar-refractivity contribution in [2.24, 2.45) is 0 Å². The highest BCUT2D eigenvalue weighted by Gasteiger charge is 2.20. The van der Waals surface area contributed by atoms with E-state index in [4.69, 9.17) is 4.52 Å². The number of rotatable bonds is 8. The summed E-state index contributed by atoms with van der Waals surface area (Å²) in [6.45, 7) is 7.79. The molecule has 30 heavy (non-hydrogen) atoms. The maximum atomic E-state index is 12.9. The summed E-state index contributed by atoms with van der Waals surface area (Å²) in [6, 6.07) is 6.54. The predicted molar refractivity (Wildman–Crippen MR) is 118 cm³/mol. The van der Waals surface area contributed by atoms with Gasteiger partial charge in [0, 0.05) is 35.7 Å². The van der Waals surface area contributed by atoms with E-state index in [1.54, 1.807) is 35.2 Å². The maximum Gasteiger partial charge on any atom is 0.229 e. The van der Waals surface area contributed by atoms with Gasteiger partial charge in [-0.05, 0) is 32.4 Å². The van der Waals surface area contributed by atoms with Gasteiger partial charge in [-0.15, -0.1) is 17.9 Å². The number of aryl methyl sites for hydroxylation is 2. The first-order valence-corrected chi connectivity index (χ1v) is 12.1. The molecule has 9 heteroatoms. The lowest BCUT2D eigenvalue weighted by atomic mass is 10.1. The Morgan fingerprint density at radius 2 is 1.97 bits per heavy atom. The minimum Gasteiger partial charge on any atom is -0.361 e. The third-order valence-corrected chi connectivity index (χ3v) is 6.68. The predicted octanol–water partition coefficient (Wildman–Crippen LogP) is 3.97. The summed E-state index contributed by atoms with van der Waals surface area (Å²) in [5.74, 6) is 0.660. The standard InChI is InChI=1S/C21H23N3O4S2/c1-5-12-24(20(25)11-10-18-14(2)23-28-15(18)3)21-22-19(13-29-21)16-6-8-17(9-7-16)30(4,26)27/h5-9,13H,1,10-12H2,2-4H3. The van der Waals surface area contributed by atoms with Gasteiger partial charge in [-0.3, -0.25) is 9.69 Å². The van der Waals surface area contributed by atoms with E-state index in [1.807, 2.05) is 19.2 Å². The van der Waals surface area contributed by atoms with Crippen LogP contribution in [0.15, 0.2) is 51.7 Å². The molecule has 1 aromatic carbocycles. The van der Waals surface area contributed by atoms with Gasteiger partial charge in [0.15, 0.2) is 15.0 Å². The van der Waals surface area contributed by atoms with Crippen LogP contribution in [-0.2, 0) is 21.1 Å². The second-order valence-electron chi connectivity index (χ2n) is 6.91. The van der Waals surface area contributed by atoms with Gasteiger partial charge in [-0.25, -0.2) is 13.4 Å². The van der Waals surface area contributed by atoms with E-state index >= 15 is 0 Å². The highest BCUT2D eigenvalue weighted by Crippen LogP contribution is 2.29. The average molecular weight is 446 g/mol. The Bertz CT molecular complexity index is 1140. The van der Waals surface area contributed by atoms with Crippen LogP contribution >= 0.6 is 11.3 Å². The number of carbonyl (C=O) groups is 1. The van der Waals surface area contributed by atoms with Crippen LogP contribution in [0.4, 0.5) is 5.13 Å². The molecule has 0 aliphatic rings. The van der Waals surface area contributed by atoms with Gasteiger partial charge >= 0.3 is 0 Å². The fraction of sp³-hybridized carbons (Fsp3) is 0.286. The van der Waals surface area contributed by atoms with Crippen molar-refractivity contribution in [1.29, 1.82) is 0 Å². The number of hydrogen-bond donors (Lipinski definition) is 0. The Labute approximate surface area is 180 Å². The number of nitrogens with zero attached hydrogens (tertiary/aromatic N) is 3. The van der Waals surface area contributed by atoms with E-state index in [1.165, 1.54) is 17.6 Å². The first-order chi connectivity index (χ1) is 14.2. The Hall–Kier alpha value is -2.78. The molecule has 0 saturated heterocycles. The summed E-state index contributed by atoms with van der Waals surface area (Å²) < 4.78 is 28.4. The first-order valence-electron chi connectivity index (χ1n) is 9.29. The van der Waals surface area contributed by atoms with Gasteiger partial charge in [0.25, 0.3) is 0 Å². The maximum absolute atomic E-state index is 12.9. The molecule has 0 spiro atoms. The molecule has 1 amide bonds. The van der Waals surface area contributed by atoms with Gasteiger partial charge in [0.1, 0.15) is 5.76 Å². The van der Waals surface area contributed by atoms with Gasteiger partial charge in [-0.2, -0.15) is 0 Å². The molecule has 0 aliphatic heterocycles. The van der Waals surface area contributed by atoms with Crippen molar-refractivity contribution in [3.63, 3.8) is 0 Å². The largest absolute Gasteiger partial charge is 0.361 e. The van der Waals surface area contributed by atoms with Crippen LogP contribution in [0.25, 0.3) is 11.3 Å². The van der Waals surface area contributed by atoms with Gasteiger partial charge < -0.3 is 4.52 Å². The van der Waals surface area contributed by atoms with Crippen LogP contribution in [0.1, 0.15) is 23.4 Å². The molecule has 0 fully saturated rings. The number of anilines is 1. The number of amides is 1. The summed E-state index contributed by atoms with van der Waals surface area (Å²) in [4.78, 5) is 19.3. The normalized spacial score (nSPS) is 11.4. The number of benzene rings is 1. The molecule has 0 atom stereocenters. The van der Waals surface area contributed by atoms with Gasteiger partial charge in [0.05, 0.1) is 16.3 Å². The van der Waals surface area contributed by atoms with Crippen molar-refractivity contribution in [2.45, 2.75) is 31.6 Å². The van der Waals surface area contributed by atoms with E-state index in [-0.39, 0.29) is 10.8 Å². The molecular formula is C21H23N3O4S2. The Morgan fingerprint density at radius 1 is 1.27 bits per heavy atom. The zero-order chi connectivity index (χ0) is 21.9. The third-order valence-electron chi connectivity index (χ3n) is 4.68. The number of carbonyl (C=O) groups excluding carboxylic acids is 1. The second-order valence-corrected chi connectivity index (χ2v) is 9.76. The fourth-order valence-electron chi connectivity index (χ4n) is 3.04. The average Bonchev–Trinajstić information content (AvgIpc) is 3.31. The third kappa shape index (κ3) is 4.85. The lowest BCUT2D eigenvalue weighted by Gasteiger charge is -2.18. The smallest absolute Gasteiger partial charge is 0.229 e. The molecule has 0 radical (unpaired) electrons. The summed E-state index contributed by atoms with van der Waals surface area (Å²) in [6.07, 6.45) is 3.67. The second kappa shape index (κ2) is 8.93. The first kappa shape index (κ1) is 21.9. The minimum absolute atomic E-state index is 0.0665. The minimum atomic E-state index is -3.25. The monoisotopic (exact) mass is 445 g/mol. The molecule has 7 nitrogen and oxygen atoms in total. The zero-order valence-electron chi connectivity index (χ0n) is 17.1. The molecule has 3 aromatic rings. The molecule has 3 rings (SSSR count). The lowest BCUT2D eigenvalue weighted by Crippen LogP contribution is -2.31. The summed E-state index contributed by atoms with van der Waals surface area (Å²) in [5, 5.41) is 6.35. The fourth-order valence-corrected chi connectivity index (χ4v) is 4.53. The van der Waals surface area contributed by atoms with Crippen molar-refractivity contribution in [1.82, 2.24) is 10.1 Å². The molecular weight excluding hydrogens is 422 g/mol. The molecule has 158 valence electrons. The SMILES string of the molecule is C=CCN(C(=O)CCc1c(C)noc1C)c1nc(-c2ccc(S(C)(=O)=O)cc2)cs1. The lowest BCUT2D eigenvalue weighted by molar-refractivity contribution is -0.118. The molecule has 0 bridgehead atoms. The van der Waals surface area contributed by atoms with Crippen LogP contribution in [0.3, 0.4) is 0 Å². The van der Waals surface area contributed by atoms with Crippen molar-refractivity contribution in [3.8, 4) is 11.3 Å². The number of thiazole rings is 1. The summed E-state index contributed by atoms with van der Waals surface area (Å²) in [7, 11) is -3.25. The van der Waals surface area contributed by atoms with Crippen LogP contribution in [0.5, 0.6) is 0 Å². The molecule has 2 heterocycles. The van der Waals surface area contributed by atoms with E-state index in [0.29, 0.717) is 30.2 Å². The highest BCUT2D eigenvalue weighted by molar-refractivity contribution is 7.90. The van der Waals surface area contributed by atoms with Crippen molar-refractivity contribution in [2.75, 3.05) is 17.7 Å².